The Morgan fingerprint density at radius 1 is 0.321 bits per heavy atom. The van der Waals surface area contributed by atoms with E-state index in [0.717, 1.165) is 43.2 Å². The predicted octanol–water partition coefficient (Wildman–Crippen LogP) is 11.5. The molecule has 24 heteroatoms. The molecule has 0 aromatic heterocycles. The number of hydrogen-bond donors (Lipinski definition) is 6. The van der Waals surface area contributed by atoms with E-state index in [1.165, 1.54) is 48.5 Å². The molecule has 2 atom stereocenters. The number of amides is 8. The Kier molecular flexibility index (Phi) is 33.6. The van der Waals surface area contributed by atoms with Gasteiger partial charge < -0.3 is 60.6 Å². The monoisotopic (exact) mass is 1520 g/mol. The number of esters is 2. The second-order valence-electron chi connectivity index (χ2n) is 26.6. The van der Waals surface area contributed by atoms with Crippen molar-refractivity contribution >= 4 is 59.6 Å². The minimum Gasteiger partial charge on any atom is -0.463 e. The Balaban J connectivity index is 0.848. The van der Waals surface area contributed by atoms with Gasteiger partial charge in [-0.3, -0.25) is 28.8 Å². The molecular formula is C88H92F2N8O14. The summed E-state index contributed by atoms with van der Waals surface area (Å²) in [5.41, 5.74) is 6.23. The van der Waals surface area contributed by atoms with Crippen molar-refractivity contribution in [1.29, 1.82) is 0 Å². The normalized spacial score (nSPS) is 11.4. The first-order valence-electron chi connectivity index (χ1n) is 37.2. The topological polar surface area (TPSA) is 286 Å². The number of nitrogens with one attached hydrogen (secondary N) is 6. The molecule has 22 nitrogen and oxygen atoms in total. The number of halogens is 2. The maximum absolute atomic E-state index is 14.8. The predicted molar refractivity (Wildman–Crippen MR) is 417 cm³/mol. The van der Waals surface area contributed by atoms with Crippen molar-refractivity contribution < 1.29 is 75.7 Å². The van der Waals surface area contributed by atoms with E-state index in [1.54, 1.807) is 72.8 Å². The van der Waals surface area contributed by atoms with Crippen molar-refractivity contribution in [2.75, 3.05) is 65.6 Å². The van der Waals surface area contributed by atoms with Crippen LogP contribution in [0.4, 0.5) is 18.4 Å². The molecule has 0 unspecified atom stereocenters. The third-order valence-corrected chi connectivity index (χ3v) is 18.2. The van der Waals surface area contributed by atoms with E-state index in [1.807, 2.05) is 133 Å². The number of benzene rings is 9. The van der Waals surface area contributed by atoms with E-state index in [4.69, 9.17) is 18.9 Å². The zero-order valence-electron chi connectivity index (χ0n) is 62.1. The fraction of sp³-hybridized carbons (Fsp3) is 0.273. The van der Waals surface area contributed by atoms with Gasteiger partial charge in [0.1, 0.15) is 76.3 Å². The Morgan fingerprint density at radius 2 is 0.625 bits per heavy atom. The Hall–Kier alpha value is -12.9. The summed E-state index contributed by atoms with van der Waals surface area (Å²) in [6.45, 7) is -2.60. The van der Waals surface area contributed by atoms with Crippen LogP contribution in [0.2, 0.25) is 0 Å². The third kappa shape index (κ3) is 28.6. The lowest BCUT2D eigenvalue weighted by Crippen LogP contribution is -2.47. The van der Waals surface area contributed by atoms with Gasteiger partial charge in [-0.1, -0.05) is 212 Å². The summed E-state index contributed by atoms with van der Waals surface area (Å²) in [6.07, 6.45) is 0.143. The summed E-state index contributed by atoms with van der Waals surface area (Å²) in [4.78, 5) is 141. The average Bonchev–Trinajstić information content (AvgIpc) is 0.844. The van der Waals surface area contributed by atoms with Crippen molar-refractivity contribution in [2.24, 2.45) is 0 Å². The molecule has 0 radical (unpaired) electrons. The van der Waals surface area contributed by atoms with Crippen LogP contribution < -0.4 is 31.9 Å². The quantitative estimate of drug-likeness (QED) is 0.0118. The van der Waals surface area contributed by atoms with Crippen molar-refractivity contribution in [2.45, 2.75) is 88.5 Å². The zero-order chi connectivity index (χ0) is 79.1. The summed E-state index contributed by atoms with van der Waals surface area (Å²) >= 11 is 0. The van der Waals surface area contributed by atoms with Gasteiger partial charge in [0.05, 0.1) is 0 Å². The van der Waals surface area contributed by atoms with Gasteiger partial charge in [0.15, 0.2) is 0 Å². The first-order valence-corrected chi connectivity index (χ1v) is 37.2. The number of nitrogens with zero attached hydrogens (tertiary/aromatic N) is 2. The summed E-state index contributed by atoms with van der Waals surface area (Å²) in [6, 6.07) is 70.6. The fourth-order valence-electron chi connectivity index (χ4n) is 12.2. The molecule has 0 spiro atoms. The van der Waals surface area contributed by atoms with Crippen LogP contribution in [0, 0.1) is 11.6 Å². The highest BCUT2D eigenvalue weighted by atomic mass is 19.1. The number of alkyl carbamates (subject to hydrolysis) is 2. The Morgan fingerprint density at radius 3 is 0.946 bits per heavy atom. The maximum atomic E-state index is 14.8. The van der Waals surface area contributed by atoms with Crippen LogP contribution in [0.5, 0.6) is 0 Å². The van der Waals surface area contributed by atoms with E-state index < -0.39 is 109 Å². The van der Waals surface area contributed by atoms with E-state index >= 15 is 0 Å². The smallest absolute Gasteiger partial charge is 0.408 e. The molecule has 0 fully saturated rings. The summed E-state index contributed by atoms with van der Waals surface area (Å²) in [7, 11) is 0. The minimum atomic E-state index is -1.16. The first-order chi connectivity index (χ1) is 54.5. The molecule has 9 aromatic rings. The molecule has 0 heterocycles. The highest BCUT2D eigenvalue weighted by Crippen LogP contribution is 2.27. The SMILES string of the molecule is O=C(CN(CC(=O)NCCc1ccc(F)cc1)C(=O)c1cccc(C(=O)N(CC(=O)NCCCC[C@H](NC(=O)OCc2ccccc2)C(=O)OCC(c2ccccc2)c2ccccc2)CC(=O)NCCc2ccc(F)cc2)c1)NCCCC[C@H](NC(=O)OCc1ccccc1)C(=O)OCC(c1ccccc1)c1ccccc1. The van der Waals surface area contributed by atoms with E-state index in [0.29, 0.717) is 24.0 Å². The third-order valence-electron chi connectivity index (χ3n) is 18.2. The fourth-order valence-corrected chi connectivity index (χ4v) is 12.2. The Bertz CT molecular complexity index is 4120. The van der Waals surface area contributed by atoms with E-state index in [-0.39, 0.29) is 114 Å². The van der Waals surface area contributed by atoms with Gasteiger partial charge in [0, 0.05) is 49.1 Å². The van der Waals surface area contributed by atoms with Crippen LogP contribution in [0.1, 0.15) is 116 Å². The second-order valence-corrected chi connectivity index (χ2v) is 26.6. The zero-order valence-corrected chi connectivity index (χ0v) is 62.1. The largest absolute Gasteiger partial charge is 0.463 e. The number of hydrogen-bond acceptors (Lipinski definition) is 14. The molecule has 8 amide bonds. The van der Waals surface area contributed by atoms with Crippen molar-refractivity contribution in [1.82, 2.24) is 41.7 Å². The molecule has 0 aliphatic heterocycles. The van der Waals surface area contributed by atoms with Crippen LogP contribution in [0.25, 0.3) is 0 Å². The van der Waals surface area contributed by atoms with Crippen molar-refractivity contribution in [3.8, 4) is 0 Å². The molecule has 0 saturated heterocycles. The van der Waals surface area contributed by atoms with Crippen LogP contribution in [-0.4, -0.2) is 147 Å². The summed E-state index contributed by atoms with van der Waals surface area (Å²) in [5, 5.41) is 16.4. The van der Waals surface area contributed by atoms with E-state index in [9.17, 15) is 56.7 Å². The number of carbonyl (C=O) groups is 10. The standard InChI is InChI=1S/C88H92F2N8O14/c89-73-44-40-63(41-45-73)48-52-93-81(101)57-97(55-79(99)91-50-21-19-38-77(95-87(107)111-59-65-24-7-1-8-25-65)85(105)109-61-75(67-28-11-3-12-29-67)68-30-13-4-14-31-68)83(103)71-36-23-37-72(54-71)84(104)98(58-82(102)94-53-49-64-42-46-74(90)47-43-64)56-80(100)92-51-22-20-39-78(96-88(108)112-60-66-26-9-2-10-27-66)86(106)110-62-76(69-32-15-5-16-33-69)70-34-17-6-18-35-70/h1-18,23-37,40-47,54,75-78H,19-22,38-39,48-53,55-62H2,(H,91,99)(H,92,100)(H,93,101)(H,94,102)(H,95,107)(H,96,108)/t77-,78-/m0/s1. The molecule has 9 rings (SSSR count). The maximum Gasteiger partial charge on any atom is 0.408 e. The second kappa shape index (κ2) is 45.2. The molecule has 6 N–H and O–H groups in total. The molecule has 0 aliphatic carbocycles. The molecule has 0 saturated carbocycles. The molecule has 0 bridgehead atoms. The number of unbranched alkanes of at least 4 members (excludes halogenated alkanes) is 2. The molecule has 112 heavy (non-hydrogen) atoms. The highest BCUT2D eigenvalue weighted by Gasteiger charge is 2.30. The highest BCUT2D eigenvalue weighted by molar-refractivity contribution is 6.03. The average molecular weight is 1520 g/mol. The summed E-state index contributed by atoms with van der Waals surface area (Å²) < 4.78 is 50.3. The minimum absolute atomic E-state index is 0.0245. The molecule has 9 aromatic carbocycles. The Labute approximate surface area is 650 Å². The van der Waals surface area contributed by atoms with Crippen LogP contribution >= 0.6 is 0 Å². The van der Waals surface area contributed by atoms with Gasteiger partial charge in [0.2, 0.25) is 23.6 Å². The lowest BCUT2D eigenvalue weighted by atomic mass is 9.92. The van der Waals surface area contributed by atoms with Gasteiger partial charge in [-0.15, -0.1) is 0 Å². The van der Waals surface area contributed by atoms with E-state index in [2.05, 4.69) is 31.9 Å². The summed E-state index contributed by atoms with van der Waals surface area (Å²) in [5.74, 6) is -7.33. The van der Waals surface area contributed by atoms with Gasteiger partial charge >= 0.3 is 24.1 Å². The van der Waals surface area contributed by atoms with Crippen LogP contribution in [-0.2, 0) is 73.8 Å². The number of rotatable bonds is 42. The molecular weight excluding hydrogens is 1430 g/mol. The lowest BCUT2D eigenvalue weighted by molar-refractivity contribution is -0.147. The molecule has 0 aliphatic rings. The van der Waals surface area contributed by atoms with Gasteiger partial charge in [-0.05, 0) is 138 Å². The van der Waals surface area contributed by atoms with Crippen molar-refractivity contribution in [3.63, 3.8) is 0 Å². The van der Waals surface area contributed by atoms with Crippen molar-refractivity contribution in [3.05, 3.63) is 322 Å². The van der Waals surface area contributed by atoms with Gasteiger partial charge in [0.25, 0.3) is 11.8 Å². The van der Waals surface area contributed by atoms with Crippen LogP contribution in [0.3, 0.4) is 0 Å². The van der Waals surface area contributed by atoms with Crippen LogP contribution in [0.15, 0.2) is 255 Å². The lowest BCUT2D eigenvalue weighted by Gasteiger charge is -2.24. The van der Waals surface area contributed by atoms with Gasteiger partial charge in [-0.25, -0.2) is 28.0 Å². The van der Waals surface area contributed by atoms with Gasteiger partial charge in [-0.2, -0.15) is 0 Å². The number of ether oxygens (including phenoxy) is 4. The molecule has 582 valence electrons. The first kappa shape index (κ1) is 83.2. The number of carbonyl (C=O) groups excluding carboxylic acids is 10.